The van der Waals surface area contributed by atoms with E-state index in [1.165, 1.54) is 83.5 Å². The fourth-order valence-electron chi connectivity index (χ4n) is 6.86. The van der Waals surface area contributed by atoms with Crippen molar-refractivity contribution in [1.29, 1.82) is 0 Å². The predicted molar refractivity (Wildman–Crippen MR) is 261 cm³/mol. The van der Waals surface area contributed by atoms with Gasteiger partial charge in [0.2, 0.25) is 0 Å². The van der Waals surface area contributed by atoms with Crippen LogP contribution in [-0.2, 0) is 28.6 Å². The Labute approximate surface area is 376 Å². The molecule has 0 N–H and O–H groups in total. The Balaban J connectivity index is 4.38. The van der Waals surface area contributed by atoms with E-state index in [1.807, 2.05) is 0 Å². The Morgan fingerprint density at radius 3 is 1.05 bits per heavy atom. The van der Waals surface area contributed by atoms with Gasteiger partial charge in [-0.25, -0.2) is 0 Å². The van der Waals surface area contributed by atoms with Crippen molar-refractivity contribution < 1.29 is 28.6 Å². The van der Waals surface area contributed by atoms with Crippen LogP contribution in [0.3, 0.4) is 0 Å². The third kappa shape index (κ3) is 47.7. The fourth-order valence-corrected chi connectivity index (χ4v) is 6.86. The summed E-state index contributed by atoms with van der Waals surface area (Å²) in [5.74, 6) is -0.914. The SMILES string of the molecule is CC/C=C\C/C=C\C/C=C\C/C=C\CCCCCCCCC(=O)OCC(COC(=O)CCCCCCCCCCCC)OC(=O)CCCCCCC/C=C\C/C=C\CCCC. The first-order chi connectivity index (χ1) is 30.0. The van der Waals surface area contributed by atoms with Gasteiger partial charge in [0, 0.05) is 19.3 Å². The van der Waals surface area contributed by atoms with Crippen LogP contribution >= 0.6 is 0 Å². The van der Waals surface area contributed by atoms with Crippen molar-refractivity contribution >= 4 is 17.9 Å². The zero-order valence-electron chi connectivity index (χ0n) is 39.9. The number of ether oxygens (including phenoxy) is 3. The van der Waals surface area contributed by atoms with Gasteiger partial charge >= 0.3 is 17.9 Å². The van der Waals surface area contributed by atoms with Crippen LogP contribution < -0.4 is 0 Å². The largest absolute Gasteiger partial charge is 0.462 e. The first-order valence-corrected chi connectivity index (χ1v) is 25.4. The van der Waals surface area contributed by atoms with Crippen molar-refractivity contribution in [2.24, 2.45) is 0 Å². The molecule has 0 amide bonds. The van der Waals surface area contributed by atoms with E-state index < -0.39 is 6.10 Å². The molecule has 0 radical (unpaired) electrons. The van der Waals surface area contributed by atoms with Gasteiger partial charge in [-0.15, -0.1) is 0 Å². The molecular weight excluding hydrogens is 757 g/mol. The molecule has 61 heavy (non-hydrogen) atoms. The number of unbranched alkanes of at least 4 members (excludes halogenated alkanes) is 22. The minimum atomic E-state index is -0.786. The average molecular weight is 851 g/mol. The highest BCUT2D eigenvalue weighted by molar-refractivity contribution is 5.71. The van der Waals surface area contributed by atoms with E-state index in [4.69, 9.17) is 14.2 Å². The lowest BCUT2D eigenvalue weighted by atomic mass is 10.1. The second-order valence-corrected chi connectivity index (χ2v) is 16.7. The topological polar surface area (TPSA) is 78.9 Å². The standard InChI is InChI=1S/C55H94O6/c1-4-7-10-13-16-19-22-24-26-27-28-29-30-32-33-36-39-42-45-48-54(57)60-51-52(50-59-53(56)47-44-41-38-35-21-18-15-12-9-6-3)61-55(58)49-46-43-40-37-34-31-25-23-20-17-14-11-8-5-2/h7,10,14,16-17,19,23-26,28-29,52H,4-6,8-9,11-13,15,18,20-22,27,30-51H2,1-3H3/b10-7-,17-14-,19-16-,25-23-,26-24-,29-28-. The third-order valence-corrected chi connectivity index (χ3v) is 10.7. The number of esters is 3. The third-order valence-electron chi connectivity index (χ3n) is 10.7. The molecule has 0 saturated heterocycles. The molecule has 1 unspecified atom stereocenters. The summed E-state index contributed by atoms with van der Waals surface area (Å²) in [6.07, 6.45) is 61.7. The number of carbonyl (C=O) groups is 3. The van der Waals surface area contributed by atoms with E-state index in [-0.39, 0.29) is 31.1 Å². The minimum Gasteiger partial charge on any atom is -0.462 e. The molecule has 0 aliphatic heterocycles. The quantitative estimate of drug-likeness (QED) is 0.0263. The van der Waals surface area contributed by atoms with Crippen molar-refractivity contribution in [2.75, 3.05) is 13.2 Å². The zero-order valence-corrected chi connectivity index (χ0v) is 39.9. The summed E-state index contributed by atoms with van der Waals surface area (Å²) >= 11 is 0. The number of hydrogen-bond donors (Lipinski definition) is 0. The van der Waals surface area contributed by atoms with Gasteiger partial charge in [0.15, 0.2) is 6.10 Å². The van der Waals surface area contributed by atoms with Gasteiger partial charge in [-0.2, -0.15) is 0 Å². The molecule has 0 spiro atoms. The number of carbonyl (C=O) groups excluding carboxylic acids is 3. The molecule has 6 nitrogen and oxygen atoms in total. The molecule has 350 valence electrons. The molecule has 0 aliphatic rings. The molecule has 0 heterocycles. The Morgan fingerprint density at radius 2 is 0.656 bits per heavy atom. The van der Waals surface area contributed by atoms with E-state index in [0.717, 1.165) is 116 Å². The van der Waals surface area contributed by atoms with Gasteiger partial charge in [0.05, 0.1) is 0 Å². The van der Waals surface area contributed by atoms with E-state index in [9.17, 15) is 14.4 Å². The molecule has 0 saturated carbocycles. The van der Waals surface area contributed by atoms with Crippen molar-refractivity contribution in [1.82, 2.24) is 0 Å². The van der Waals surface area contributed by atoms with Crippen LogP contribution in [0.25, 0.3) is 0 Å². The van der Waals surface area contributed by atoms with Crippen LogP contribution in [-0.4, -0.2) is 37.2 Å². The molecule has 0 aromatic heterocycles. The molecule has 0 bridgehead atoms. The van der Waals surface area contributed by atoms with Crippen LogP contribution in [0.5, 0.6) is 0 Å². The van der Waals surface area contributed by atoms with Gasteiger partial charge in [-0.1, -0.05) is 209 Å². The van der Waals surface area contributed by atoms with Crippen LogP contribution in [0.4, 0.5) is 0 Å². The molecule has 0 aliphatic carbocycles. The summed E-state index contributed by atoms with van der Waals surface area (Å²) in [5.41, 5.74) is 0. The minimum absolute atomic E-state index is 0.0847. The lowest BCUT2D eigenvalue weighted by Crippen LogP contribution is -2.30. The summed E-state index contributed by atoms with van der Waals surface area (Å²) in [7, 11) is 0. The van der Waals surface area contributed by atoms with Crippen molar-refractivity contribution in [2.45, 2.75) is 245 Å². The van der Waals surface area contributed by atoms with Crippen LogP contribution in [0.2, 0.25) is 0 Å². The second-order valence-electron chi connectivity index (χ2n) is 16.7. The summed E-state index contributed by atoms with van der Waals surface area (Å²) < 4.78 is 16.7. The number of allylic oxidation sites excluding steroid dienone is 12. The van der Waals surface area contributed by atoms with Gasteiger partial charge in [0.25, 0.3) is 0 Å². The highest BCUT2D eigenvalue weighted by atomic mass is 16.6. The Morgan fingerprint density at radius 1 is 0.344 bits per heavy atom. The van der Waals surface area contributed by atoms with Crippen molar-refractivity contribution in [3.05, 3.63) is 72.9 Å². The van der Waals surface area contributed by atoms with Crippen molar-refractivity contribution in [3.63, 3.8) is 0 Å². The predicted octanol–water partition coefficient (Wildman–Crippen LogP) is 16.6. The van der Waals surface area contributed by atoms with Crippen LogP contribution in [0, 0.1) is 0 Å². The second kappa shape index (κ2) is 49.5. The summed E-state index contributed by atoms with van der Waals surface area (Å²) in [6, 6.07) is 0. The molecule has 1 atom stereocenters. The number of hydrogen-bond acceptors (Lipinski definition) is 6. The van der Waals surface area contributed by atoms with E-state index in [1.54, 1.807) is 0 Å². The molecule has 0 fully saturated rings. The first-order valence-electron chi connectivity index (χ1n) is 25.4. The number of rotatable bonds is 45. The maximum Gasteiger partial charge on any atom is 0.306 e. The Bertz CT molecular complexity index is 1160. The maximum atomic E-state index is 12.8. The van der Waals surface area contributed by atoms with E-state index in [0.29, 0.717) is 19.3 Å². The first kappa shape index (κ1) is 57.9. The van der Waals surface area contributed by atoms with Crippen LogP contribution in [0.1, 0.15) is 239 Å². The monoisotopic (exact) mass is 851 g/mol. The Kier molecular flexibility index (Phi) is 46.9. The molecule has 0 rings (SSSR count). The lowest BCUT2D eigenvalue weighted by molar-refractivity contribution is -0.167. The highest BCUT2D eigenvalue weighted by Gasteiger charge is 2.19. The van der Waals surface area contributed by atoms with Gasteiger partial charge in [-0.3, -0.25) is 14.4 Å². The molecular formula is C55H94O6. The summed E-state index contributed by atoms with van der Waals surface area (Å²) in [4.78, 5) is 37.9. The Hall–Kier alpha value is -3.15. The van der Waals surface area contributed by atoms with Crippen LogP contribution in [0.15, 0.2) is 72.9 Å². The van der Waals surface area contributed by atoms with Gasteiger partial charge < -0.3 is 14.2 Å². The molecule has 6 heteroatoms. The average Bonchev–Trinajstić information content (AvgIpc) is 3.26. The lowest BCUT2D eigenvalue weighted by Gasteiger charge is -2.18. The smallest absolute Gasteiger partial charge is 0.306 e. The van der Waals surface area contributed by atoms with E-state index >= 15 is 0 Å². The van der Waals surface area contributed by atoms with E-state index in [2.05, 4.69) is 93.7 Å². The summed E-state index contributed by atoms with van der Waals surface area (Å²) in [6.45, 7) is 6.45. The van der Waals surface area contributed by atoms with Gasteiger partial charge in [-0.05, 0) is 83.5 Å². The maximum absolute atomic E-state index is 12.8. The fraction of sp³-hybridized carbons (Fsp3) is 0.727. The molecule has 0 aromatic rings. The van der Waals surface area contributed by atoms with Crippen molar-refractivity contribution in [3.8, 4) is 0 Å². The van der Waals surface area contributed by atoms with Gasteiger partial charge in [0.1, 0.15) is 13.2 Å². The highest BCUT2D eigenvalue weighted by Crippen LogP contribution is 2.14. The zero-order chi connectivity index (χ0) is 44.4. The summed E-state index contributed by atoms with van der Waals surface area (Å²) in [5, 5.41) is 0. The normalized spacial score (nSPS) is 12.6. The molecule has 0 aromatic carbocycles.